The third kappa shape index (κ3) is 4.34. The molecule has 4 aromatic rings. The van der Waals surface area contributed by atoms with E-state index in [-0.39, 0.29) is 5.97 Å². The van der Waals surface area contributed by atoms with E-state index in [0.717, 1.165) is 64.9 Å². The van der Waals surface area contributed by atoms with Crippen LogP contribution in [0.3, 0.4) is 0 Å². The van der Waals surface area contributed by atoms with Crippen molar-refractivity contribution in [3.05, 3.63) is 54.5 Å². The number of fused-ring (bicyclic) bond motifs is 2. The van der Waals surface area contributed by atoms with Crippen LogP contribution in [0.2, 0.25) is 0 Å². The molecule has 2 atom stereocenters. The predicted molar refractivity (Wildman–Crippen MR) is 134 cm³/mol. The van der Waals surface area contributed by atoms with Crippen molar-refractivity contribution in [2.24, 2.45) is 5.92 Å². The molecule has 0 bridgehead atoms. The molecule has 2 unspecified atom stereocenters. The lowest BCUT2D eigenvalue weighted by Gasteiger charge is -2.29. The Balaban J connectivity index is 1.53. The standard InChI is InChI=1S/C27H31N5O2/c1-4-34-26(33)13-18-8-7-10-19(12-18)24-15-25(31(2)3)32-27(30-24)22(17-29-32)21-14-20-9-5-6-11-23(20)28-16-21/h5-6,9,11,14-19H,4,7-8,10,12-13H2,1-3H3. The van der Waals surface area contributed by atoms with Crippen molar-refractivity contribution in [1.82, 2.24) is 19.6 Å². The van der Waals surface area contributed by atoms with Crippen LogP contribution in [0.15, 0.2) is 48.8 Å². The van der Waals surface area contributed by atoms with E-state index in [1.54, 1.807) is 0 Å². The van der Waals surface area contributed by atoms with Gasteiger partial charge >= 0.3 is 5.97 Å². The van der Waals surface area contributed by atoms with Crippen molar-refractivity contribution in [3.8, 4) is 11.1 Å². The minimum absolute atomic E-state index is 0.0903. The highest BCUT2D eigenvalue weighted by molar-refractivity contribution is 5.87. The highest BCUT2D eigenvalue weighted by Gasteiger charge is 2.28. The van der Waals surface area contributed by atoms with Crippen molar-refractivity contribution >= 4 is 28.3 Å². The fraction of sp³-hybridized carbons (Fsp3) is 0.407. The second-order valence-corrected chi connectivity index (χ2v) is 9.38. The Labute approximate surface area is 199 Å². The zero-order valence-corrected chi connectivity index (χ0v) is 20.1. The molecule has 34 heavy (non-hydrogen) atoms. The van der Waals surface area contributed by atoms with E-state index in [0.29, 0.717) is 24.9 Å². The maximum absolute atomic E-state index is 12.1. The average Bonchev–Trinajstić information content (AvgIpc) is 3.27. The summed E-state index contributed by atoms with van der Waals surface area (Å²) < 4.78 is 7.11. The van der Waals surface area contributed by atoms with Gasteiger partial charge in [-0.2, -0.15) is 9.61 Å². The minimum Gasteiger partial charge on any atom is -0.466 e. The van der Waals surface area contributed by atoms with Crippen LogP contribution in [0.25, 0.3) is 27.7 Å². The quantitative estimate of drug-likeness (QED) is 0.369. The Hall–Kier alpha value is -3.48. The normalized spacial score (nSPS) is 18.3. The van der Waals surface area contributed by atoms with Gasteiger partial charge in [-0.3, -0.25) is 9.78 Å². The molecular weight excluding hydrogens is 426 g/mol. The van der Waals surface area contributed by atoms with E-state index >= 15 is 0 Å². The van der Waals surface area contributed by atoms with Gasteiger partial charge in [0.15, 0.2) is 5.65 Å². The van der Waals surface area contributed by atoms with Crippen LogP contribution in [0.5, 0.6) is 0 Å². The summed E-state index contributed by atoms with van der Waals surface area (Å²) in [5.74, 6) is 1.56. The number of anilines is 1. The second-order valence-electron chi connectivity index (χ2n) is 9.38. The number of para-hydroxylation sites is 1. The second kappa shape index (κ2) is 9.41. The summed E-state index contributed by atoms with van der Waals surface area (Å²) in [5.41, 5.74) is 4.86. The fourth-order valence-corrected chi connectivity index (χ4v) is 5.12. The van der Waals surface area contributed by atoms with Gasteiger partial charge in [0.1, 0.15) is 5.82 Å². The molecule has 7 nitrogen and oxygen atoms in total. The third-order valence-corrected chi connectivity index (χ3v) is 6.79. The lowest BCUT2D eigenvalue weighted by Crippen LogP contribution is -2.21. The van der Waals surface area contributed by atoms with Gasteiger partial charge in [0, 0.05) is 60.9 Å². The van der Waals surface area contributed by atoms with Gasteiger partial charge in [0.2, 0.25) is 0 Å². The van der Waals surface area contributed by atoms with Crippen LogP contribution in [0, 0.1) is 5.92 Å². The van der Waals surface area contributed by atoms with Crippen LogP contribution in [-0.4, -0.2) is 46.3 Å². The highest BCUT2D eigenvalue weighted by atomic mass is 16.5. The number of hydrogen-bond donors (Lipinski definition) is 0. The molecule has 0 amide bonds. The number of nitrogens with zero attached hydrogens (tertiary/aromatic N) is 5. The van der Waals surface area contributed by atoms with Gasteiger partial charge in [-0.1, -0.05) is 24.6 Å². The van der Waals surface area contributed by atoms with Crippen molar-refractivity contribution in [2.45, 2.75) is 44.9 Å². The summed E-state index contributed by atoms with van der Waals surface area (Å²) in [5, 5.41) is 5.78. The maximum Gasteiger partial charge on any atom is 0.306 e. The lowest BCUT2D eigenvalue weighted by atomic mass is 9.78. The Morgan fingerprint density at radius 3 is 2.85 bits per heavy atom. The first-order valence-electron chi connectivity index (χ1n) is 12.1. The van der Waals surface area contributed by atoms with Gasteiger partial charge in [0.05, 0.1) is 18.3 Å². The Morgan fingerprint density at radius 2 is 2.03 bits per heavy atom. The number of esters is 1. The number of carbonyl (C=O) groups is 1. The first kappa shape index (κ1) is 22.3. The van der Waals surface area contributed by atoms with Gasteiger partial charge in [-0.15, -0.1) is 0 Å². The average molecular weight is 458 g/mol. The van der Waals surface area contributed by atoms with Crippen molar-refractivity contribution < 1.29 is 9.53 Å². The number of benzene rings is 1. The van der Waals surface area contributed by atoms with E-state index in [1.165, 1.54) is 0 Å². The lowest BCUT2D eigenvalue weighted by molar-refractivity contribution is -0.144. The van der Waals surface area contributed by atoms with Gasteiger partial charge in [0.25, 0.3) is 0 Å². The number of hydrogen-bond acceptors (Lipinski definition) is 6. The van der Waals surface area contributed by atoms with Crippen molar-refractivity contribution in [1.29, 1.82) is 0 Å². The smallest absolute Gasteiger partial charge is 0.306 e. The topological polar surface area (TPSA) is 72.6 Å². The molecule has 0 saturated heterocycles. The summed E-state index contributed by atoms with van der Waals surface area (Å²) in [6.45, 7) is 2.30. The maximum atomic E-state index is 12.1. The SMILES string of the molecule is CCOC(=O)CC1CCCC(c2cc(N(C)C)n3ncc(-c4cnc5ccccc5c4)c3n2)C1. The van der Waals surface area contributed by atoms with Gasteiger partial charge in [-0.05, 0) is 44.2 Å². The summed E-state index contributed by atoms with van der Waals surface area (Å²) >= 11 is 0. The summed E-state index contributed by atoms with van der Waals surface area (Å²) in [6, 6.07) is 12.4. The molecule has 5 rings (SSSR count). The van der Waals surface area contributed by atoms with Crippen molar-refractivity contribution in [2.75, 3.05) is 25.6 Å². The van der Waals surface area contributed by atoms with Crippen LogP contribution in [-0.2, 0) is 9.53 Å². The Kier molecular flexibility index (Phi) is 6.18. The molecule has 3 heterocycles. The van der Waals surface area contributed by atoms with Gasteiger partial charge < -0.3 is 9.64 Å². The number of ether oxygens (including phenoxy) is 1. The van der Waals surface area contributed by atoms with E-state index < -0.39 is 0 Å². The molecule has 1 saturated carbocycles. The van der Waals surface area contributed by atoms with E-state index in [9.17, 15) is 4.79 Å². The molecule has 0 N–H and O–H groups in total. The third-order valence-electron chi connectivity index (χ3n) is 6.79. The largest absolute Gasteiger partial charge is 0.466 e. The summed E-state index contributed by atoms with van der Waals surface area (Å²) in [6.07, 6.45) is 8.48. The van der Waals surface area contributed by atoms with Gasteiger partial charge in [-0.25, -0.2) is 4.98 Å². The number of carbonyl (C=O) groups excluding carboxylic acids is 1. The molecule has 1 aliphatic rings. The monoisotopic (exact) mass is 457 g/mol. The Morgan fingerprint density at radius 1 is 1.18 bits per heavy atom. The minimum atomic E-state index is -0.0903. The molecule has 1 fully saturated rings. The predicted octanol–water partition coefficient (Wildman–Crippen LogP) is 5.24. The van der Waals surface area contributed by atoms with Crippen LogP contribution < -0.4 is 4.90 Å². The first-order valence-corrected chi connectivity index (χ1v) is 12.1. The summed E-state index contributed by atoms with van der Waals surface area (Å²) in [4.78, 5) is 23.9. The van der Waals surface area contributed by atoms with Crippen molar-refractivity contribution in [3.63, 3.8) is 0 Å². The number of rotatable bonds is 6. The highest BCUT2D eigenvalue weighted by Crippen LogP contribution is 2.39. The Bertz CT molecular complexity index is 1330. The molecule has 7 heteroatoms. The van der Waals surface area contributed by atoms with E-state index in [2.05, 4.69) is 33.2 Å². The first-order chi connectivity index (χ1) is 16.5. The van der Waals surface area contributed by atoms with E-state index in [4.69, 9.17) is 9.72 Å². The number of pyridine rings is 1. The molecule has 0 aliphatic heterocycles. The molecule has 3 aromatic heterocycles. The number of aromatic nitrogens is 4. The molecule has 0 radical (unpaired) electrons. The van der Waals surface area contributed by atoms with E-state index in [1.807, 2.05) is 56.1 Å². The molecule has 1 aliphatic carbocycles. The summed E-state index contributed by atoms with van der Waals surface area (Å²) in [7, 11) is 4.06. The van der Waals surface area contributed by atoms with Crippen LogP contribution in [0.4, 0.5) is 5.82 Å². The van der Waals surface area contributed by atoms with Crippen LogP contribution in [0.1, 0.15) is 50.6 Å². The molecule has 1 aromatic carbocycles. The van der Waals surface area contributed by atoms with Crippen LogP contribution >= 0.6 is 0 Å². The zero-order chi connectivity index (χ0) is 23.7. The zero-order valence-electron chi connectivity index (χ0n) is 20.1. The molecule has 176 valence electrons. The molecule has 0 spiro atoms. The fourth-order valence-electron chi connectivity index (χ4n) is 5.12. The molecular formula is C27H31N5O2.